The summed E-state index contributed by atoms with van der Waals surface area (Å²) in [5, 5.41) is 8.07. The van der Waals surface area contributed by atoms with Crippen molar-refractivity contribution in [2.45, 2.75) is 84.6 Å². The van der Waals surface area contributed by atoms with E-state index in [1.807, 2.05) is 0 Å². The molecule has 1 aliphatic heterocycles. The smallest absolute Gasteiger partial charge is 0.410 e. The molecule has 2 aliphatic rings. The van der Waals surface area contributed by atoms with Crippen LogP contribution in [0.3, 0.4) is 0 Å². The number of rotatable bonds is 5. The van der Waals surface area contributed by atoms with Gasteiger partial charge in [-0.25, -0.2) is 19.4 Å². The van der Waals surface area contributed by atoms with E-state index in [1.54, 1.807) is 65.4 Å². The van der Waals surface area contributed by atoms with Gasteiger partial charge in [0.1, 0.15) is 22.0 Å². The third-order valence-electron chi connectivity index (χ3n) is 6.23. The molecule has 2 aromatic rings. The highest BCUT2D eigenvalue weighted by atomic mass is 35.5. The number of carbonyl (C=O) groups excluding carboxylic acids is 3. The summed E-state index contributed by atoms with van der Waals surface area (Å²) < 4.78 is 18.0. The molecule has 212 valence electrons. The predicted octanol–water partition coefficient (Wildman–Crippen LogP) is 4.39. The van der Waals surface area contributed by atoms with Crippen LogP contribution in [0.1, 0.15) is 70.1 Å². The maximum absolute atomic E-state index is 13.2. The number of nitrogens with zero attached hydrogens (tertiary/aromatic N) is 4. The molecule has 12 heteroatoms. The molecule has 1 saturated heterocycles. The van der Waals surface area contributed by atoms with Gasteiger partial charge in [-0.3, -0.25) is 4.68 Å². The van der Waals surface area contributed by atoms with Gasteiger partial charge in [0.25, 0.3) is 0 Å². The lowest BCUT2D eigenvalue weighted by Gasteiger charge is -2.49. The highest BCUT2D eigenvalue weighted by Crippen LogP contribution is 2.37. The first-order valence-corrected chi connectivity index (χ1v) is 13.4. The number of aromatic nitrogens is 3. The van der Waals surface area contributed by atoms with Crippen molar-refractivity contribution in [1.82, 2.24) is 25.0 Å². The van der Waals surface area contributed by atoms with E-state index in [-0.39, 0.29) is 26.2 Å². The second-order valence-corrected chi connectivity index (χ2v) is 12.3. The number of likely N-dealkylation sites (tertiary alicyclic amines) is 1. The molecule has 2 amide bonds. The maximum atomic E-state index is 13.2. The topological polar surface area (TPSA) is 125 Å². The van der Waals surface area contributed by atoms with E-state index in [4.69, 9.17) is 30.9 Å². The van der Waals surface area contributed by atoms with Crippen molar-refractivity contribution in [3.8, 4) is 11.3 Å². The summed E-state index contributed by atoms with van der Waals surface area (Å²) in [5.74, 6) is -0.509. The number of alkyl carbamates (subject to hydrolysis) is 1. The molecule has 0 bridgehead atoms. The summed E-state index contributed by atoms with van der Waals surface area (Å²) in [5.41, 5.74) is 1.11. The van der Waals surface area contributed by atoms with E-state index < -0.39 is 34.9 Å². The Kier molecular flexibility index (Phi) is 7.59. The monoisotopic (exact) mass is 561 g/mol. The average molecular weight is 562 g/mol. The van der Waals surface area contributed by atoms with Crippen molar-refractivity contribution in [3.63, 3.8) is 0 Å². The summed E-state index contributed by atoms with van der Waals surface area (Å²) in [4.78, 5) is 44.5. The molecule has 4 rings (SSSR count). The lowest BCUT2D eigenvalue weighted by atomic mass is 9.89. The molecule has 11 nitrogen and oxygen atoms in total. The third-order valence-corrected chi connectivity index (χ3v) is 6.44. The van der Waals surface area contributed by atoms with Crippen LogP contribution in [-0.4, -0.2) is 74.3 Å². The summed E-state index contributed by atoms with van der Waals surface area (Å²) in [7, 11) is 0. The van der Waals surface area contributed by atoms with Gasteiger partial charge in [-0.1, -0.05) is 11.6 Å². The first-order valence-electron chi connectivity index (χ1n) is 13.0. The minimum Gasteiger partial charge on any atom is -0.461 e. The molecule has 1 aliphatic carbocycles. The number of amides is 2. The molecule has 39 heavy (non-hydrogen) atoms. The molecule has 2 aromatic heterocycles. The van der Waals surface area contributed by atoms with Gasteiger partial charge < -0.3 is 24.4 Å². The normalized spacial score (nSPS) is 15.9. The van der Waals surface area contributed by atoms with Gasteiger partial charge in [0.15, 0.2) is 0 Å². The van der Waals surface area contributed by atoms with Crippen LogP contribution in [0.25, 0.3) is 11.3 Å². The van der Waals surface area contributed by atoms with Crippen molar-refractivity contribution in [1.29, 1.82) is 0 Å². The first kappa shape index (κ1) is 28.7. The van der Waals surface area contributed by atoms with Gasteiger partial charge in [-0.05, 0) is 72.9 Å². The van der Waals surface area contributed by atoms with Crippen molar-refractivity contribution < 1.29 is 28.6 Å². The number of hydrogen-bond donors (Lipinski definition) is 1. The second-order valence-electron chi connectivity index (χ2n) is 12.0. The van der Waals surface area contributed by atoms with Gasteiger partial charge in [-0.2, -0.15) is 5.10 Å². The summed E-state index contributed by atoms with van der Waals surface area (Å²) >= 11 is 6.19. The van der Waals surface area contributed by atoms with Gasteiger partial charge in [0.05, 0.1) is 37.5 Å². The number of aryl methyl sites for hydroxylation is 1. The fourth-order valence-electron chi connectivity index (χ4n) is 4.80. The SMILES string of the molecule is CCOC(=O)c1c2c(nn1CC1(NC(=O)OC(C)(C)C)CN(C(=O)OC(C)(C)C)C1)-c1cc(Cl)ncc1CC2. The first-order chi connectivity index (χ1) is 18.1. The molecule has 0 aromatic carbocycles. The largest absolute Gasteiger partial charge is 0.461 e. The molecule has 0 atom stereocenters. The van der Waals surface area contributed by atoms with Gasteiger partial charge in [-0.15, -0.1) is 0 Å². The third kappa shape index (κ3) is 6.46. The van der Waals surface area contributed by atoms with Crippen LogP contribution in [0.4, 0.5) is 9.59 Å². The predicted molar refractivity (Wildman–Crippen MR) is 144 cm³/mol. The number of ether oxygens (including phenoxy) is 3. The number of esters is 1. The number of carbonyl (C=O) groups is 3. The molecule has 1 N–H and O–H groups in total. The van der Waals surface area contributed by atoms with Crippen LogP contribution < -0.4 is 5.32 Å². The highest BCUT2D eigenvalue weighted by Gasteiger charge is 2.50. The van der Waals surface area contributed by atoms with Crippen LogP contribution in [0.5, 0.6) is 0 Å². The molecular formula is C27H36ClN5O6. The molecule has 3 heterocycles. The minimum atomic E-state index is -0.964. The van der Waals surface area contributed by atoms with Crippen molar-refractivity contribution in [2.75, 3.05) is 19.7 Å². The van der Waals surface area contributed by atoms with E-state index >= 15 is 0 Å². The molecule has 1 fully saturated rings. The van der Waals surface area contributed by atoms with Crippen LogP contribution in [0.2, 0.25) is 5.15 Å². The summed E-state index contributed by atoms with van der Waals surface area (Å²) in [6, 6.07) is 1.74. The van der Waals surface area contributed by atoms with Crippen molar-refractivity contribution >= 4 is 29.8 Å². The molecule has 0 radical (unpaired) electrons. The molecule has 0 unspecified atom stereocenters. The van der Waals surface area contributed by atoms with Crippen molar-refractivity contribution in [2.24, 2.45) is 0 Å². The number of halogens is 1. The Morgan fingerprint density at radius 2 is 1.74 bits per heavy atom. The van der Waals surface area contributed by atoms with Crippen LogP contribution in [0.15, 0.2) is 12.3 Å². The van der Waals surface area contributed by atoms with Crippen LogP contribution in [0, 0.1) is 0 Å². The molecular weight excluding hydrogens is 526 g/mol. The Bertz CT molecular complexity index is 1290. The van der Waals surface area contributed by atoms with Gasteiger partial charge in [0.2, 0.25) is 0 Å². The number of hydrogen-bond acceptors (Lipinski definition) is 8. The Morgan fingerprint density at radius 3 is 2.36 bits per heavy atom. The average Bonchev–Trinajstić information content (AvgIpc) is 3.13. The molecule has 0 spiro atoms. The summed E-state index contributed by atoms with van der Waals surface area (Å²) in [6.45, 7) is 13.0. The van der Waals surface area contributed by atoms with Crippen LogP contribution >= 0.6 is 11.6 Å². The lowest BCUT2D eigenvalue weighted by Crippen LogP contribution is -2.73. The fourth-order valence-corrected chi connectivity index (χ4v) is 4.96. The number of pyridine rings is 1. The fraction of sp³-hybridized carbons (Fsp3) is 0.593. The van der Waals surface area contributed by atoms with E-state index in [9.17, 15) is 14.4 Å². The lowest BCUT2D eigenvalue weighted by molar-refractivity contribution is -0.0268. The number of nitrogens with one attached hydrogen (secondary N) is 1. The Balaban J connectivity index is 1.71. The zero-order valence-corrected chi connectivity index (χ0v) is 24.3. The minimum absolute atomic E-state index is 0.0981. The summed E-state index contributed by atoms with van der Waals surface area (Å²) in [6.07, 6.45) is 1.82. The quantitative estimate of drug-likeness (QED) is 0.324. The van der Waals surface area contributed by atoms with E-state index in [2.05, 4.69) is 10.3 Å². The highest BCUT2D eigenvalue weighted by molar-refractivity contribution is 6.29. The standard InChI is InChI=1S/C27H36ClN5O6/c1-8-37-22(34)21-17-10-9-16-12-29-19(28)11-18(16)20(17)31-33(21)15-27(30-23(35)38-25(2,3)4)13-32(14-27)24(36)39-26(5,6)7/h11-12H,8-10,13-15H2,1-7H3,(H,30,35). The van der Waals surface area contributed by atoms with E-state index in [1.165, 1.54) is 4.90 Å². The Morgan fingerprint density at radius 1 is 1.08 bits per heavy atom. The second kappa shape index (κ2) is 10.3. The zero-order valence-electron chi connectivity index (χ0n) is 23.5. The van der Waals surface area contributed by atoms with Crippen molar-refractivity contribution in [3.05, 3.63) is 34.2 Å². The van der Waals surface area contributed by atoms with Gasteiger partial charge in [0, 0.05) is 17.3 Å². The van der Waals surface area contributed by atoms with Crippen LogP contribution in [-0.2, 0) is 33.6 Å². The maximum Gasteiger partial charge on any atom is 0.410 e. The van der Waals surface area contributed by atoms with E-state index in [0.717, 1.165) is 16.7 Å². The zero-order chi connectivity index (χ0) is 28.8. The number of fused-ring (bicyclic) bond motifs is 3. The Labute approximate surface area is 233 Å². The Hall–Kier alpha value is -3.34. The van der Waals surface area contributed by atoms with E-state index in [0.29, 0.717) is 29.4 Å². The van der Waals surface area contributed by atoms with Gasteiger partial charge >= 0.3 is 18.2 Å². The molecule has 0 saturated carbocycles.